The van der Waals surface area contributed by atoms with Gasteiger partial charge in [0.15, 0.2) is 0 Å². The Morgan fingerprint density at radius 1 is 1.45 bits per heavy atom. The molecule has 0 heterocycles. The van der Waals surface area contributed by atoms with Crippen LogP contribution in [0.2, 0.25) is 0 Å². The van der Waals surface area contributed by atoms with E-state index in [4.69, 9.17) is 5.11 Å². The molecule has 0 fully saturated rings. The molecule has 0 amide bonds. The zero-order valence-electron chi connectivity index (χ0n) is 5.45. The van der Waals surface area contributed by atoms with E-state index in [9.17, 15) is 8.68 Å². The molecule has 2 nitrogen and oxygen atoms in total. The van der Waals surface area contributed by atoms with E-state index in [0.717, 1.165) is 0 Å². The van der Waals surface area contributed by atoms with Crippen LogP contribution in [-0.2, 0) is 0 Å². The summed E-state index contributed by atoms with van der Waals surface area (Å²) >= 11 is -0.0571. The average molecular weight is 172 g/mol. The van der Waals surface area contributed by atoms with Crippen molar-refractivity contribution in [2.24, 2.45) is 0 Å². The standard InChI is InChI=1S/C7H5FO2S/c8-11-6-4-2-1-3-5(6)7(9)10/h1-4H,(H,9,10). The SMILES string of the molecule is O=C(O)c1ccccc1SF. The molecule has 0 aliphatic rings. The Hall–Kier alpha value is -1.03. The third-order valence-electron chi connectivity index (χ3n) is 1.20. The minimum Gasteiger partial charge on any atom is -0.478 e. The van der Waals surface area contributed by atoms with E-state index >= 15 is 0 Å². The molecule has 0 bridgehead atoms. The number of carboxylic acid groups (broad SMARTS) is 1. The van der Waals surface area contributed by atoms with E-state index < -0.39 is 5.97 Å². The second-order valence-electron chi connectivity index (χ2n) is 1.88. The van der Waals surface area contributed by atoms with Crippen molar-refractivity contribution in [3.63, 3.8) is 0 Å². The van der Waals surface area contributed by atoms with E-state index in [0.29, 0.717) is 0 Å². The van der Waals surface area contributed by atoms with Crippen LogP contribution in [0.3, 0.4) is 0 Å². The largest absolute Gasteiger partial charge is 0.478 e. The van der Waals surface area contributed by atoms with Gasteiger partial charge in [-0.25, -0.2) is 4.79 Å². The molecular weight excluding hydrogens is 167 g/mol. The van der Waals surface area contributed by atoms with E-state index in [1.54, 1.807) is 12.1 Å². The van der Waals surface area contributed by atoms with Crippen molar-refractivity contribution in [1.82, 2.24) is 0 Å². The number of halogens is 1. The Balaban J connectivity index is 3.12. The van der Waals surface area contributed by atoms with Crippen LogP contribution in [0, 0.1) is 0 Å². The number of hydrogen-bond donors (Lipinski definition) is 1. The lowest BCUT2D eigenvalue weighted by Crippen LogP contribution is -1.96. The van der Waals surface area contributed by atoms with Gasteiger partial charge in [0.1, 0.15) is 0 Å². The Morgan fingerprint density at radius 3 is 2.55 bits per heavy atom. The predicted octanol–water partition coefficient (Wildman–Crippen LogP) is 2.36. The fourth-order valence-electron chi connectivity index (χ4n) is 0.711. The van der Waals surface area contributed by atoms with Crippen LogP contribution in [0.25, 0.3) is 0 Å². The lowest BCUT2D eigenvalue weighted by Gasteiger charge is -1.97. The molecule has 1 aromatic rings. The van der Waals surface area contributed by atoms with Gasteiger partial charge in [0.25, 0.3) is 0 Å². The third-order valence-corrected chi connectivity index (χ3v) is 1.72. The highest BCUT2D eigenvalue weighted by molar-refractivity contribution is 7.94. The summed E-state index contributed by atoms with van der Waals surface area (Å²) in [6.07, 6.45) is 0. The van der Waals surface area contributed by atoms with Gasteiger partial charge in [-0.3, -0.25) is 0 Å². The number of rotatable bonds is 2. The van der Waals surface area contributed by atoms with Gasteiger partial charge in [-0.15, -0.1) is 0 Å². The lowest BCUT2D eigenvalue weighted by atomic mass is 10.2. The monoisotopic (exact) mass is 172 g/mol. The molecule has 0 unspecified atom stereocenters. The molecule has 0 aliphatic heterocycles. The zero-order chi connectivity index (χ0) is 8.27. The van der Waals surface area contributed by atoms with Crippen LogP contribution in [0.4, 0.5) is 3.89 Å². The first-order valence-electron chi connectivity index (χ1n) is 2.86. The molecule has 1 N–H and O–H groups in total. The fourth-order valence-corrected chi connectivity index (χ4v) is 1.08. The minimum absolute atomic E-state index is 0.000000000000000444. The number of carbonyl (C=O) groups is 1. The van der Waals surface area contributed by atoms with Gasteiger partial charge < -0.3 is 5.11 Å². The summed E-state index contributed by atoms with van der Waals surface area (Å²) < 4.78 is 12.0. The summed E-state index contributed by atoms with van der Waals surface area (Å²) in [4.78, 5) is 10.5. The van der Waals surface area contributed by atoms with Crippen LogP contribution in [0.1, 0.15) is 10.4 Å². The van der Waals surface area contributed by atoms with Crippen LogP contribution < -0.4 is 0 Å². The van der Waals surface area contributed by atoms with E-state index in [2.05, 4.69) is 0 Å². The average Bonchev–Trinajstić information content (AvgIpc) is 2.04. The van der Waals surface area contributed by atoms with Crippen molar-refractivity contribution >= 4 is 18.1 Å². The van der Waals surface area contributed by atoms with Gasteiger partial charge in [-0.1, -0.05) is 12.1 Å². The molecule has 58 valence electrons. The third kappa shape index (κ3) is 1.71. The highest BCUT2D eigenvalue weighted by atomic mass is 32.2. The Bertz CT molecular complexity index is 275. The minimum atomic E-state index is -1.11. The van der Waals surface area contributed by atoms with Gasteiger partial charge in [-0.2, -0.15) is 3.89 Å². The number of carboxylic acids is 1. The summed E-state index contributed by atoms with van der Waals surface area (Å²) in [5.41, 5.74) is 0.000000000000000444. The molecule has 1 rings (SSSR count). The van der Waals surface area contributed by atoms with E-state index in [-0.39, 0.29) is 22.6 Å². The summed E-state index contributed by atoms with van der Waals surface area (Å²) in [6.45, 7) is 0. The molecule has 0 saturated heterocycles. The van der Waals surface area contributed by atoms with Gasteiger partial charge >= 0.3 is 5.97 Å². The molecule has 1 aromatic carbocycles. The first-order valence-corrected chi connectivity index (χ1v) is 3.58. The van der Waals surface area contributed by atoms with Crippen molar-refractivity contribution in [2.45, 2.75) is 4.90 Å². The summed E-state index contributed by atoms with van der Waals surface area (Å²) in [5.74, 6) is -1.11. The normalized spacial score (nSPS) is 9.55. The fraction of sp³-hybridized carbons (Fsp3) is 0. The van der Waals surface area contributed by atoms with Crippen molar-refractivity contribution in [2.75, 3.05) is 0 Å². The van der Waals surface area contributed by atoms with Crippen LogP contribution in [0.15, 0.2) is 29.2 Å². The predicted molar refractivity (Wildman–Crippen MR) is 40.4 cm³/mol. The smallest absolute Gasteiger partial charge is 0.336 e. The van der Waals surface area contributed by atoms with Crippen molar-refractivity contribution in [3.05, 3.63) is 29.8 Å². The van der Waals surface area contributed by atoms with Crippen molar-refractivity contribution in [3.8, 4) is 0 Å². The second-order valence-corrected chi connectivity index (χ2v) is 2.47. The maximum atomic E-state index is 12.0. The molecule has 0 radical (unpaired) electrons. The molecule has 0 saturated carbocycles. The highest BCUT2D eigenvalue weighted by Gasteiger charge is 2.08. The molecule has 0 aliphatic carbocycles. The second kappa shape index (κ2) is 3.39. The van der Waals surface area contributed by atoms with Crippen LogP contribution in [0.5, 0.6) is 0 Å². The molecule has 0 atom stereocenters. The summed E-state index contributed by atoms with van der Waals surface area (Å²) in [7, 11) is 0. The van der Waals surface area contributed by atoms with Gasteiger partial charge in [0, 0.05) is 0 Å². The lowest BCUT2D eigenvalue weighted by molar-refractivity contribution is 0.0693. The Labute approximate surface area is 67.3 Å². The number of hydrogen-bond acceptors (Lipinski definition) is 2. The van der Waals surface area contributed by atoms with Gasteiger partial charge in [-0.05, 0) is 12.1 Å². The van der Waals surface area contributed by atoms with Crippen molar-refractivity contribution in [1.29, 1.82) is 0 Å². The van der Waals surface area contributed by atoms with Crippen molar-refractivity contribution < 1.29 is 13.8 Å². The van der Waals surface area contributed by atoms with Crippen LogP contribution >= 0.6 is 12.1 Å². The molecule has 0 spiro atoms. The topological polar surface area (TPSA) is 37.3 Å². The first kappa shape index (κ1) is 8.07. The van der Waals surface area contributed by atoms with E-state index in [1.807, 2.05) is 0 Å². The zero-order valence-corrected chi connectivity index (χ0v) is 6.27. The quantitative estimate of drug-likeness (QED) is 0.744. The summed E-state index contributed by atoms with van der Waals surface area (Å²) in [6, 6.07) is 5.94. The maximum Gasteiger partial charge on any atom is 0.336 e. The highest BCUT2D eigenvalue weighted by Crippen LogP contribution is 2.22. The number of aromatic carboxylic acids is 1. The maximum absolute atomic E-state index is 12.0. The van der Waals surface area contributed by atoms with Crippen LogP contribution in [-0.4, -0.2) is 11.1 Å². The summed E-state index contributed by atoms with van der Waals surface area (Å²) in [5, 5.41) is 8.52. The van der Waals surface area contributed by atoms with Gasteiger partial charge in [0.2, 0.25) is 0 Å². The molecular formula is C7H5FO2S. The molecule has 0 aromatic heterocycles. The van der Waals surface area contributed by atoms with E-state index in [1.165, 1.54) is 12.1 Å². The Morgan fingerprint density at radius 2 is 2.09 bits per heavy atom. The number of benzene rings is 1. The van der Waals surface area contributed by atoms with Gasteiger partial charge in [0.05, 0.1) is 22.6 Å². The molecule has 11 heavy (non-hydrogen) atoms. The molecule has 4 heteroatoms. The first-order chi connectivity index (χ1) is 5.25. The Kier molecular flexibility index (Phi) is 2.48.